The first kappa shape index (κ1) is 23.9. The maximum Gasteiger partial charge on any atom is 0.327 e. The third-order valence-electron chi connectivity index (χ3n) is 7.99. The standard InChI is InChI=1S/C27H34N8O2/c1-30-24-23(25(36)31(2)27(30)37)34-19-22(20-9-5-3-6-10-20)29-35(26(34)28-24)18-15-32-13-16-33(17-14-32)21-11-7-4-8-12-21/h3-12,23-24,26,28H,13-19H2,1-2H3. The van der Waals surface area contributed by atoms with Gasteiger partial charge in [0.25, 0.3) is 5.91 Å². The Labute approximate surface area is 217 Å². The summed E-state index contributed by atoms with van der Waals surface area (Å²) in [5.41, 5.74) is 3.26. The molecule has 1 N–H and O–H groups in total. The van der Waals surface area contributed by atoms with E-state index in [2.05, 4.69) is 67.5 Å². The molecule has 0 spiro atoms. The summed E-state index contributed by atoms with van der Waals surface area (Å²) >= 11 is 0. The van der Waals surface area contributed by atoms with Crippen molar-refractivity contribution in [1.29, 1.82) is 0 Å². The van der Waals surface area contributed by atoms with Crippen LogP contribution in [0.2, 0.25) is 0 Å². The summed E-state index contributed by atoms with van der Waals surface area (Å²) in [7, 11) is 3.32. The van der Waals surface area contributed by atoms with Crippen LogP contribution in [-0.2, 0) is 4.79 Å². The molecule has 6 rings (SSSR count). The highest BCUT2D eigenvalue weighted by Gasteiger charge is 2.55. The Morgan fingerprint density at radius 1 is 0.892 bits per heavy atom. The van der Waals surface area contributed by atoms with Crippen molar-refractivity contribution in [3.63, 3.8) is 0 Å². The molecule has 194 valence electrons. The normalized spacial score (nSPS) is 26.9. The SMILES string of the molecule is CN1C(=O)C2C(NC3N(CCN4CCN(c5ccccc5)CC4)N=C(c4ccccc4)CN23)N(C)C1=O. The van der Waals surface area contributed by atoms with E-state index in [-0.39, 0.29) is 24.4 Å². The van der Waals surface area contributed by atoms with E-state index in [4.69, 9.17) is 5.10 Å². The molecule has 2 aromatic rings. The van der Waals surface area contributed by atoms with Crippen LogP contribution in [0, 0.1) is 0 Å². The molecule has 4 heterocycles. The number of rotatable bonds is 5. The number of fused-ring (bicyclic) bond motifs is 3. The monoisotopic (exact) mass is 502 g/mol. The molecule has 3 fully saturated rings. The fraction of sp³-hybridized carbons (Fsp3) is 0.444. The van der Waals surface area contributed by atoms with Gasteiger partial charge in [-0.1, -0.05) is 48.5 Å². The lowest BCUT2D eigenvalue weighted by Crippen LogP contribution is -2.65. The summed E-state index contributed by atoms with van der Waals surface area (Å²) in [5.74, 6) is -0.172. The molecule has 3 saturated heterocycles. The van der Waals surface area contributed by atoms with Crippen molar-refractivity contribution >= 4 is 23.3 Å². The van der Waals surface area contributed by atoms with Gasteiger partial charge in [-0.05, 0) is 17.7 Å². The van der Waals surface area contributed by atoms with E-state index in [0.29, 0.717) is 6.54 Å². The number of urea groups is 1. The second-order valence-electron chi connectivity index (χ2n) is 10.1. The van der Waals surface area contributed by atoms with E-state index in [1.54, 1.807) is 19.0 Å². The molecular weight excluding hydrogens is 468 g/mol. The van der Waals surface area contributed by atoms with Crippen molar-refractivity contribution in [2.75, 3.05) is 64.8 Å². The third-order valence-corrected chi connectivity index (χ3v) is 7.99. The predicted molar refractivity (Wildman–Crippen MR) is 142 cm³/mol. The van der Waals surface area contributed by atoms with Gasteiger partial charge in [-0.25, -0.2) is 9.69 Å². The summed E-state index contributed by atoms with van der Waals surface area (Å²) in [6.07, 6.45) is -0.637. The summed E-state index contributed by atoms with van der Waals surface area (Å²) in [6.45, 7) is 6.10. The molecule has 2 aromatic carbocycles. The number of amides is 3. The molecule has 4 aliphatic heterocycles. The Hall–Kier alpha value is -3.47. The second-order valence-corrected chi connectivity index (χ2v) is 10.1. The van der Waals surface area contributed by atoms with E-state index in [1.165, 1.54) is 10.6 Å². The van der Waals surface area contributed by atoms with Crippen LogP contribution in [-0.4, -0.2) is 121 Å². The predicted octanol–water partition coefficient (Wildman–Crippen LogP) is 0.936. The molecule has 0 bridgehead atoms. The van der Waals surface area contributed by atoms with Crippen molar-refractivity contribution in [2.45, 2.75) is 18.5 Å². The highest BCUT2D eigenvalue weighted by atomic mass is 16.2. The number of hydrogen-bond acceptors (Lipinski definition) is 8. The van der Waals surface area contributed by atoms with Gasteiger partial charge < -0.3 is 9.80 Å². The Morgan fingerprint density at radius 3 is 2.27 bits per heavy atom. The molecule has 0 aliphatic carbocycles. The zero-order chi connectivity index (χ0) is 25.5. The molecule has 37 heavy (non-hydrogen) atoms. The Morgan fingerprint density at radius 2 is 1.57 bits per heavy atom. The lowest BCUT2D eigenvalue weighted by atomic mass is 10.1. The Bertz CT molecular complexity index is 1170. The van der Waals surface area contributed by atoms with Crippen LogP contribution in [0.4, 0.5) is 10.5 Å². The number of hydrazone groups is 1. The average molecular weight is 503 g/mol. The van der Waals surface area contributed by atoms with Crippen molar-refractivity contribution in [3.05, 3.63) is 66.2 Å². The Kier molecular flexibility index (Phi) is 6.31. The van der Waals surface area contributed by atoms with Crippen LogP contribution in [0.5, 0.6) is 0 Å². The van der Waals surface area contributed by atoms with Crippen LogP contribution in [0.3, 0.4) is 0 Å². The number of nitrogens with one attached hydrogen (secondary N) is 1. The molecule has 0 aromatic heterocycles. The molecule has 10 nitrogen and oxygen atoms in total. The van der Waals surface area contributed by atoms with E-state index in [0.717, 1.165) is 50.5 Å². The van der Waals surface area contributed by atoms with Crippen LogP contribution in [0.1, 0.15) is 5.56 Å². The minimum atomic E-state index is -0.455. The zero-order valence-electron chi connectivity index (χ0n) is 21.4. The molecule has 4 aliphatic rings. The molecular formula is C27H34N8O2. The van der Waals surface area contributed by atoms with Gasteiger partial charge in [-0.3, -0.25) is 24.9 Å². The average Bonchev–Trinajstić information content (AvgIpc) is 3.35. The van der Waals surface area contributed by atoms with E-state index in [9.17, 15) is 9.59 Å². The number of imide groups is 1. The minimum Gasteiger partial charge on any atom is -0.369 e. The van der Waals surface area contributed by atoms with Crippen LogP contribution in [0.25, 0.3) is 0 Å². The topological polar surface area (TPSA) is 78.0 Å². The quantitative estimate of drug-likeness (QED) is 0.652. The molecule has 3 amide bonds. The summed E-state index contributed by atoms with van der Waals surface area (Å²) < 4.78 is 0. The number of likely N-dealkylation sites (N-methyl/N-ethyl adjacent to an activating group) is 2. The van der Waals surface area contributed by atoms with Gasteiger partial charge in [0.15, 0.2) is 6.29 Å². The molecule has 3 unspecified atom stereocenters. The van der Waals surface area contributed by atoms with Crippen LogP contribution in [0.15, 0.2) is 65.8 Å². The molecule has 0 saturated carbocycles. The second kappa shape index (κ2) is 9.77. The lowest BCUT2D eigenvalue weighted by Gasteiger charge is -2.42. The van der Waals surface area contributed by atoms with Crippen LogP contribution < -0.4 is 10.2 Å². The number of piperazine rings is 1. The van der Waals surface area contributed by atoms with Crippen molar-refractivity contribution in [3.8, 4) is 0 Å². The smallest absolute Gasteiger partial charge is 0.327 e. The van der Waals surface area contributed by atoms with Crippen molar-refractivity contribution in [1.82, 2.24) is 29.9 Å². The highest BCUT2D eigenvalue weighted by molar-refractivity contribution is 6.04. The largest absolute Gasteiger partial charge is 0.369 e. The number of para-hydroxylation sites is 1. The van der Waals surface area contributed by atoms with Gasteiger partial charge in [0, 0.05) is 59.1 Å². The van der Waals surface area contributed by atoms with Gasteiger partial charge >= 0.3 is 6.03 Å². The number of benzene rings is 2. The third kappa shape index (κ3) is 4.35. The zero-order valence-corrected chi connectivity index (χ0v) is 21.4. The summed E-state index contributed by atoms with van der Waals surface area (Å²) in [6, 6.07) is 20.0. The number of carbonyl (C=O) groups is 2. The summed E-state index contributed by atoms with van der Waals surface area (Å²) in [4.78, 5) is 35.8. The lowest BCUT2D eigenvalue weighted by molar-refractivity contribution is -0.137. The van der Waals surface area contributed by atoms with E-state index < -0.39 is 6.04 Å². The first-order valence-corrected chi connectivity index (χ1v) is 13.0. The molecule has 0 radical (unpaired) electrons. The first-order valence-electron chi connectivity index (χ1n) is 13.0. The molecule has 3 atom stereocenters. The molecule has 10 heteroatoms. The van der Waals surface area contributed by atoms with Gasteiger partial charge in [0.2, 0.25) is 0 Å². The number of hydrogen-bond donors (Lipinski definition) is 1. The van der Waals surface area contributed by atoms with Crippen molar-refractivity contribution < 1.29 is 9.59 Å². The van der Waals surface area contributed by atoms with Crippen molar-refractivity contribution in [2.24, 2.45) is 5.10 Å². The summed E-state index contributed by atoms with van der Waals surface area (Å²) in [5, 5.41) is 10.7. The number of carbonyl (C=O) groups excluding carboxylic acids is 2. The minimum absolute atomic E-state index is 0.172. The van der Waals surface area contributed by atoms with Crippen LogP contribution >= 0.6 is 0 Å². The maximum atomic E-state index is 13.2. The maximum absolute atomic E-state index is 13.2. The van der Waals surface area contributed by atoms with Gasteiger partial charge in [0.05, 0.1) is 12.3 Å². The van der Waals surface area contributed by atoms with Gasteiger partial charge in [0.1, 0.15) is 12.2 Å². The van der Waals surface area contributed by atoms with E-state index in [1.807, 2.05) is 18.2 Å². The van der Waals surface area contributed by atoms with Gasteiger partial charge in [-0.2, -0.15) is 5.10 Å². The van der Waals surface area contributed by atoms with Gasteiger partial charge in [-0.15, -0.1) is 0 Å². The van der Waals surface area contributed by atoms with E-state index >= 15 is 0 Å². The first-order chi connectivity index (χ1) is 18.0. The number of nitrogens with zero attached hydrogens (tertiary/aromatic N) is 7. The number of anilines is 1. The Balaban J connectivity index is 1.19. The highest BCUT2D eigenvalue weighted by Crippen LogP contribution is 2.30. The fourth-order valence-corrected chi connectivity index (χ4v) is 5.84. The fourth-order valence-electron chi connectivity index (χ4n) is 5.84.